The predicted octanol–water partition coefficient (Wildman–Crippen LogP) is 2.39. The topological polar surface area (TPSA) is 71.7 Å². The summed E-state index contributed by atoms with van der Waals surface area (Å²) in [6, 6.07) is 8.24. The number of amides is 1. The first kappa shape index (κ1) is 18.0. The summed E-state index contributed by atoms with van der Waals surface area (Å²) < 4.78 is 10.8. The molecule has 138 valence electrons. The first-order chi connectivity index (χ1) is 12.6. The lowest BCUT2D eigenvalue weighted by atomic mass is 10.1. The van der Waals surface area contributed by atoms with Crippen molar-refractivity contribution in [3.63, 3.8) is 0 Å². The summed E-state index contributed by atoms with van der Waals surface area (Å²) >= 11 is 0. The van der Waals surface area contributed by atoms with Crippen molar-refractivity contribution >= 4 is 17.5 Å². The fourth-order valence-corrected chi connectivity index (χ4v) is 2.85. The van der Waals surface area contributed by atoms with E-state index in [9.17, 15) is 4.79 Å². The second-order valence-electron chi connectivity index (χ2n) is 6.20. The Balaban J connectivity index is 1.58. The van der Waals surface area contributed by atoms with Crippen molar-refractivity contribution in [3.05, 3.63) is 41.8 Å². The van der Waals surface area contributed by atoms with E-state index in [1.165, 1.54) is 0 Å². The number of anilines is 1. The number of hydrogen-bond acceptors (Lipinski definition) is 6. The molecule has 0 unspecified atom stereocenters. The summed E-state index contributed by atoms with van der Waals surface area (Å²) in [7, 11) is 1.64. The van der Waals surface area contributed by atoms with E-state index in [1.54, 1.807) is 13.2 Å². The van der Waals surface area contributed by atoms with Crippen LogP contribution in [0.2, 0.25) is 0 Å². The van der Waals surface area contributed by atoms with Gasteiger partial charge in [0.2, 0.25) is 11.8 Å². The molecule has 1 aliphatic heterocycles. The molecule has 0 radical (unpaired) electrons. The van der Waals surface area contributed by atoms with Crippen molar-refractivity contribution in [2.75, 3.05) is 38.2 Å². The molecule has 0 atom stereocenters. The third kappa shape index (κ3) is 4.04. The molecule has 0 N–H and O–H groups in total. The second-order valence-corrected chi connectivity index (χ2v) is 6.20. The zero-order valence-electron chi connectivity index (χ0n) is 15.4. The van der Waals surface area contributed by atoms with Gasteiger partial charge in [0.1, 0.15) is 5.75 Å². The minimum atomic E-state index is 0.0257. The molecule has 7 nitrogen and oxygen atoms in total. The Kier molecular flexibility index (Phi) is 5.55. The van der Waals surface area contributed by atoms with Gasteiger partial charge in [-0.15, -0.1) is 5.10 Å². The molecule has 1 saturated heterocycles. The van der Waals surface area contributed by atoms with Gasteiger partial charge < -0.3 is 19.0 Å². The molecule has 2 aromatic rings. The van der Waals surface area contributed by atoms with Crippen LogP contribution in [0.5, 0.6) is 5.75 Å². The van der Waals surface area contributed by atoms with E-state index < -0.39 is 0 Å². The zero-order chi connectivity index (χ0) is 18.5. The van der Waals surface area contributed by atoms with Crippen LogP contribution in [0, 0.1) is 0 Å². The van der Waals surface area contributed by atoms with Crippen LogP contribution in [0.3, 0.4) is 0 Å². The highest BCUT2D eigenvalue weighted by Gasteiger charge is 2.23. The van der Waals surface area contributed by atoms with Gasteiger partial charge in [-0.25, -0.2) is 0 Å². The minimum absolute atomic E-state index is 0.0257. The Bertz CT molecular complexity index is 774. The Morgan fingerprint density at radius 1 is 1.19 bits per heavy atom. The third-order valence-electron chi connectivity index (χ3n) is 4.51. The van der Waals surface area contributed by atoms with E-state index in [-0.39, 0.29) is 5.91 Å². The normalized spacial score (nSPS) is 15.3. The molecule has 7 heteroatoms. The molecule has 1 aromatic heterocycles. The lowest BCUT2D eigenvalue weighted by Crippen LogP contribution is -2.48. The average Bonchev–Trinajstić information content (AvgIpc) is 3.17. The van der Waals surface area contributed by atoms with E-state index in [1.807, 2.05) is 47.9 Å². The van der Waals surface area contributed by atoms with Crippen LogP contribution in [0.15, 0.2) is 34.8 Å². The highest BCUT2D eigenvalue weighted by molar-refractivity contribution is 5.95. The zero-order valence-corrected chi connectivity index (χ0v) is 15.4. The second kappa shape index (κ2) is 8.03. The summed E-state index contributed by atoms with van der Waals surface area (Å²) in [5.41, 5.74) is 1.94. The van der Waals surface area contributed by atoms with Crippen LogP contribution >= 0.6 is 0 Å². The summed E-state index contributed by atoms with van der Waals surface area (Å²) in [5.74, 6) is 1.46. The van der Waals surface area contributed by atoms with Crippen LogP contribution in [0.4, 0.5) is 6.01 Å². The summed E-state index contributed by atoms with van der Waals surface area (Å²) in [6.45, 7) is 6.56. The van der Waals surface area contributed by atoms with E-state index >= 15 is 0 Å². The molecular formula is C19H24N4O3. The van der Waals surface area contributed by atoms with Crippen molar-refractivity contribution < 1.29 is 13.9 Å². The summed E-state index contributed by atoms with van der Waals surface area (Å²) in [6.07, 6.45) is 2.42. The molecule has 0 saturated carbocycles. The van der Waals surface area contributed by atoms with E-state index in [0.29, 0.717) is 38.1 Å². The molecule has 1 aromatic carbocycles. The number of rotatable bonds is 5. The molecular weight excluding hydrogens is 332 g/mol. The number of aromatic nitrogens is 2. The maximum Gasteiger partial charge on any atom is 0.318 e. The Hall–Kier alpha value is -2.83. The molecule has 3 rings (SSSR count). The van der Waals surface area contributed by atoms with Gasteiger partial charge in [0.05, 0.1) is 7.11 Å². The highest BCUT2D eigenvalue weighted by atomic mass is 16.5. The first-order valence-corrected chi connectivity index (χ1v) is 8.79. The highest BCUT2D eigenvalue weighted by Crippen LogP contribution is 2.19. The molecule has 26 heavy (non-hydrogen) atoms. The molecule has 2 heterocycles. The van der Waals surface area contributed by atoms with Crippen molar-refractivity contribution in [1.82, 2.24) is 15.1 Å². The summed E-state index contributed by atoms with van der Waals surface area (Å²) in [5, 5.41) is 8.06. The van der Waals surface area contributed by atoms with Crippen molar-refractivity contribution in [1.29, 1.82) is 0 Å². The standard InChI is InChI=1S/C19H24N4O3/c1-4-17-20-21-19(26-17)23-11-9-22(10-12-23)18(24)13-14(2)15-5-7-16(25-3)8-6-15/h5-8,13H,4,9-12H2,1-3H3/b14-13+. The number of ether oxygens (including phenoxy) is 1. The predicted molar refractivity (Wildman–Crippen MR) is 99.1 cm³/mol. The fraction of sp³-hybridized carbons (Fsp3) is 0.421. The average molecular weight is 356 g/mol. The van der Waals surface area contributed by atoms with Crippen LogP contribution in [-0.2, 0) is 11.2 Å². The lowest BCUT2D eigenvalue weighted by molar-refractivity contribution is -0.126. The smallest absolute Gasteiger partial charge is 0.318 e. The quantitative estimate of drug-likeness (QED) is 0.766. The Morgan fingerprint density at radius 3 is 2.46 bits per heavy atom. The molecule has 0 aliphatic carbocycles. The minimum Gasteiger partial charge on any atom is -0.497 e. The number of piperazine rings is 1. The van der Waals surface area contributed by atoms with Gasteiger partial charge in [0, 0.05) is 38.7 Å². The monoisotopic (exact) mass is 356 g/mol. The van der Waals surface area contributed by atoms with Gasteiger partial charge in [-0.05, 0) is 30.2 Å². The Morgan fingerprint density at radius 2 is 1.88 bits per heavy atom. The molecule has 1 fully saturated rings. The maximum atomic E-state index is 12.6. The number of allylic oxidation sites excluding steroid dienone is 1. The van der Waals surface area contributed by atoms with E-state index in [2.05, 4.69) is 10.2 Å². The number of carbonyl (C=O) groups is 1. The lowest BCUT2D eigenvalue weighted by Gasteiger charge is -2.33. The number of benzene rings is 1. The number of nitrogens with zero attached hydrogens (tertiary/aromatic N) is 4. The van der Waals surface area contributed by atoms with Gasteiger partial charge in [-0.1, -0.05) is 24.2 Å². The van der Waals surface area contributed by atoms with E-state index in [4.69, 9.17) is 9.15 Å². The summed E-state index contributed by atoms with van der Waals surface area (Å²) in [4.78, 5) is 16.4. The van der Waals surface area contributed by atoms with Gasteiger partial charge in [-0.3, -0.25) is 4.79 Å². The van der Waals surface area contributed by atoms with Gasteiger partial charge in [0.25, 0.3) is 0 Å². The maximum absolute atomic E-state index is 12.6. The molecule has 0 bridgehead atoms. The van der Waals surface area contributed by atoms with Gasteiger partial charge in [-0.2, -0.15) is 0 Å². The SMILES string of the molecule is CCc1nnc(N2CCN(C(=O)/C=C(\C)c3ccc(OC)cc3)CC2)o1. The van der Waals surface area contributed by atoms with E-state index in [0.717, 1.165) is 23.3 Å². The van der Waals surface area contributed by atoms with Gasteiger partial charge >= 0.3 is 6.01 Å². The third-order valence-corrected chi connectivity index (χ3v) is 4.51. The van der Waals surface area contributed by atoms with Crippen molar-refractivity contribution in [2.24, 2.45) is 0 Å². The largest absolute Gasteiger partial charge is 0.497 e. The molecule has 1 aliphatic rings. The van der Waals surface area contributed by atoms with Crippen molar-refractivity contribution in [3.8, 4) is 5.75 Å². The van der Waals surface area contributed by atoms with Crippen LogP contribution in [0.25, 0.3) is 5.57 Å². The first-order valence-electron chi connectivity index (χ1n) is 8.79. The number of carbonyl (C=O) groups excluding carboxylic acids is 1. The van der Waals surface area contributed by atoms with Crippen LogP contribution in [-0.4, -0.2) is 54.3 Å². The Labute approximate surface area is 153 Å². The van der Waals surface area contributed by atoms with Crippen LogP contribution in [0.1, 0.15) is 25.3 Å². The number of methoxy groups -OCH3 is 1. The molecule has 0 spiro atoms. The van der Waals surface area contributed by atoms with Gasteiger partial charge in [0.15, 0.2) is 0 Å². The number of aryl methyl sites for hydroxylation is 1. The van der Waals surface area contributed by atoms with Crippen LogP contribution < -0.4 is 9.64 Å². The number of hydrogen-bond donors (Lipinski definition) is 0. The fourth-order valence-electron chi connectivity index (χ4n) is 2.85. The molecule has 1 amide bonds. The van der Waals surface area contributed by atoms with Crippen molar-refractivity contribution in [2.45, 2.75) is 20.3 Å².